The minimum Gasteiger partial charge on any atom is -0.383 e. The quantitative estimate of drug-likeness (QED) is 0.455. The summed E-state index contributed by atoms with van der Waals surface area (Å²) in [7, 11) is 1.72. The van der Waals surface area contributed by atoms with Crippen molar-refractivity contribution in [1.82, 2.24) is 34.1 Å². The molecule has 0 spiro atoms. The number of hydrogen-bond donors (Lipinski definition) is 0. The van der Waals surface area contributed by atoms with E-state index in [1.54, 1.807) is 7.11 Å². The first-order valence-electron chi connectivity index (χ1n) is 11.0. The van der Waals surface area contributed by atoms with Crippen molar-refractivity contribution in [1.29, 1.82) is 0 Å². The Kier molecular flexibility index (Phi) is 5.48. The summed E-state index contributed by atoms with van der Waals surface area (Å²) in [4.78, 5) is 16.8. The van der Waals surface area contributed by atoms with E-state index in [1.165, 1.54) is 0 Å². The molecule has 5 rings (SSSR count). The zero-order valence-electron chi connectivity index (χ0n) is 18.9. The van der Waals surface area contributed by atoms with Crippen LogP contribution in [-0.2, 0) is 15.9 Å². The maximum Gasteiger partial charge on any atom is 0.182 e. The molecule has 0 saturated carbocycles. The molecule has 0 amide bonds. The highest BCUT2D eigenvalue weighted by Gasteiger charge is 2.22. The van der Waals surface area contributed by atoms with Crippen molar-refractivity contribution < 1.29 is 9.47 Å². The second-order valence-electron chi connectivity index (χ2n) is 8.11. The maximum absolute atomic E-state index is 5.50. The van der Waals surface area contributed by atoms with E-state index in [4.69, 9.17) is 24.4 Å². The lowest BCUT2D eigenvalue weighted by atomic mass is 10.2. The number of ether oxygens (including phenoxy) is 2. The minimum atomic E-state index is 0.0597. The molecule has 5 heterocycles. The molecule has 1 aliphatic rings. The fraction of sp³-hybridized carbons (Fsp3) is 0.500. The molecule has 0 N–H and O–H groups in total. The summed E-state index contributed by atoms with van der Waals surface area (Å²) in [6, 6.07) is 2.18. The van der Waals surface area contributed by atoms with Gasteiger partial charge >= 0.3 is 0 Å². The molecule has 1 aliphatic heterocycles. The number of rotatable bonds is 6. The molecule has 10 nitrogen and oxygen atoms in total. The topological polar surface area (TPSA) is 95.5 Å². The van der Waals surface area contributed by atoms with Crippen LogP contribution in [-0.4, -0.2) is 74.1 Å². The average Bonchev–Trinajstić information content (AvgIpc) is 3.39. The third-order valence-corrected chi connectivity index (χ3v) is 5.94. The Morgan fingerprint density at radius 2 is 2.00 bits per heavy atom. The number of hydrogen-bond acceptors (Lipinski definition) is 8. The van der Waals surface area contributed by atoms with Gasteiger partial charge in [0.25, 0.3) is 0 Å². The average molecular weight is 437 g/mol. The first kappa shape index (κ1) is 20.8. The number of nitrogens with zero attached hydrogens (tertiary/aromatic N) is 8. The summed E-state index contributed by atoms with van der Waals surface area (Å²) in [5.41, 5.74) is 4.32. The van der Waals surface area contributed by atoms with E-state index in [2.05, 4.69) is 39.6 Å². The lowest BCUT2D eigenvalue weighted by Crippen LogP contribution is -2.36. The van der Waals surface area contributed by atoms with E-state index >= 15 is 0 Å². The molecule has 1 atom stereocenters. The molecule has 4 aromatic rings. The van der Waals surface area contributed by atoms with Crippen molar-refractivity contribution in [2.45, 2.75) is 33.2 Å². The monoisotopic (exact) mass is 436 g/mol. The Balaban J connectivity index is 1.71. The molecule has 0 aliphatic carbocycles. The standard InChI is InChI=1S/C22H28N8O2/c1-5-16-22-27-26-15(3)29(22)12-18(24-16)21-25-17-11-23-20(28-6-8-32-9-7-28)10-19(17)30(21)14(2)13-31-4/h10-12,14H,5-9,13H2,1-4H3/t14-/m1/s1. The Bertz CT molecular complexity index is 1260. The Hall–Kier alpha value is -3.11. The molecule has 0 aromatic carbocycles. The van der Waals surface area contributed by atoms with Crippen LogP contribution in [0.5, 0.6) is 0 Å². The second-order valence-corrected chi connectivity index (χ2v) is 8.11. The molecule has 0 radical (unpaired) electrons. The normalized spacial score (nSPS) is 15.7. The number of imidazole rings is 1. The number of aromatic nitrogens is 7. The molecule has 32 heavy (non-hydrogen) atoms. The summed E-state index contributed by atoms with van der Waals surface area (Å²) >= 11 is 0. The van der Waals surface area contributed by atoms with Crippen molar-refractivity contribution in [3.63, 3.8) is 0 Å². The van der Waals surface area contributed by atoms with Gasteiger partial charge in [0.1, 0.15) is 22.9 Å². The van der Waals surface area contributed by atoms with Crippen LogP contribution in [0.2, 0.25) is 0 Å². The summed E-state index contributed by atoms with van der Waals surface area (Å²) in [5.74, 6) is 2.54. The van der Waals surface area contributed by atoms with Crippen LogP contribution in [0.4, 0.5) is 5.82 Å². The highest BCUT2D eigenvalue weighted by atomic mass is 16.5. The maximum atomic E-state index is 5.50. The van der Waals surface area contributed by atoms with Crippen LogP contribution in [0, 0.1) is 6.92 Å². The van der Waals surface area contributed by atoms with Gasteiger partial charge in [0.05, 0.1) is 43.3 Å². The van der Waals surface area contributed by atoms with Gasteiger partial charge in [-0.1, -0.05) is 6.92 Å². The van der Waals surface area contributed by atoms with Crippen LogP contribution in [0.3, 0.4) is 0 Å². The fourth-order valence-corrected chi connectivity index (χ4v) is 4.31. The van der Waals surface area contributed by atoms with Crippen molar-refractivity contribution in [3.05, 3.63) is 30.0 Å². The molecular weight excluding hydrogens is 408 g/mol. The molecule has 4 aromatic heterocycles. The van der Waals surface area contributed by atoms with Gasteiger partial charge < -0.3 is 18.9 Å². The minimum absolute atomic E-state index is 0.0597. The Labute approximate surface area is 186 Å². The van der Waals surface area contributed by atoms with Gasteiger partial charge in [-0.15, -0.1) is 10.2 Å². The molecule has 1 saturated heterocycles. The van der Waals surface area contributed by atoms with Gasteiger partial charge in [0, 0.05) is 32.5 Å². The molecule has 0 bridgehead atoms. The molecule has 1 fully saturated rings. The van der Waals surface area contributed by atoms with Crippen LogP contribution in [0.15, 0.2) is 18.5 Å². The SMILES string of the molecule is CCc1nc(-c2nc3cnc(N4CCOCC4)cc3n2[C@H](C)COC)cn2c(C)nnc12. The third kappa shape index (κ3) is 3.49. The predicted molar refractivity (Wildman–Crippen MR) is 121 cm³/mol. The first-order chi connectivity index (χ1) is 15.6. The highest BCUT2D eigenvalue weighted by molar-refractivity contribution is 5.82. The van der Waals surface area contributed by atoms with E-state index in [9.17, 15) is 0 Å². The first-order valence-corrected chi connectivity index (χ1v) is 11.0. The van der Waals surface area contributed by atoms with Gasteiger partial charge in [-0.05, 0) is 20.3 Å². The number of methoxy groups -OCH3 is 1. The number of aryl methyl sites for hydroxylation is 2. The van der Waals surface area contributed by atoms with Crippen LogP contribution in [0.1, 0.15) is 31.4 Å². The van der Waals surface area contributed by atoms with E-state index in [-0.39, 0.29) is 6.04 Å². The smallest absolute Gasteiger partial charge is 0.182 e. The fourth-order valence-electron chi connectivity index (χ4n) is 4.31. The third-order valence-electron chi connectivity index (χ3n) is 5.94. The van der Waals surface area contributed by atoms with E-state index in [1.807, 2.05) is 23.7 Å². The Morgan fingerprint density at radius 1 is 1.19 bits per heavy atom. The number of anilines is 1. The summed E-state index contributed by atoms with van der Waals surface area (Å²) < 4.78 is 15.2. The lowest BCUT2D eigenvalue weighted by Gasteiger charge is -2.28. The van der Waals surface area contributed by atoms with Gasteiger partial charge in [-0.25, -0.2) is 15.0 Å². The van der Waals surface area contributed by atoms with Crippen LogP contribution >= 0.6 is 0 Å². The van der Waals surface area contributed by atoms with E-state index < -0.39 is 0 Å². The largest absolute Gasteiger partial charge is 0.383 e. The van der Waals surface area contributed by atoms with Crippen molar-refractivity contribution in [2.24, 2.45) is 0 Å². The second kappa shape index (κ2) is 8.44. The predicted octanol–water partition coefficient (Wildman–Crippen LogP) is 2.45. The van der Waals surface area contributed by atoms with Gasteiger partial charge in [-0.3, -0.25) is 4.40 Å². The lowest BCUT2D eigenvalue weighted by molar-refractivity contribution is 0.122. The summed E-state index contributed by atoms with van der Waals surface area (Å²) in [6.07, 6.45) is 4.58. The van der Waals surface area contributed by atoms with Crippen LogP contribution < -0.4 is 4.90 Å². The molecule has 168 valence electrons. The van der Waals surface area contributed by atoms with Gasteiger partial charge in [-0.2, -0.15) is 0 Å². The zero-order valence-corrected chi connectivity index (χ0v) is 18.9. The van der Waals surface area contributed by atoms with E-state index in [0.29, 0.717) is 19.8 Å². The number of fused-ring (bicyclic) bond motifs is 2. The zero-order chi connectivity index (χ0) is 22.2. The highest BCUT2D eigenvalue weighted by Crippen LogP contribution is 2.30. The van der Waals surface area contributed by atoms with Crippen LogP contribution in [0.25, 0.3) is 28.2 Å². The van der Waals surface area contributed by atoms with Crippen molar-refractivity contribution >= 4 is 22.5 Å². The molecular formula is C22H28N8O2. The summed E-state index contributed by atoms with van der Waals surface area (Å²) in [5, 5.41) is 8.53. The number of morpholine rings is 1. The number of pyridine rings is 1. The molecule has 10 heteroatoms. The van der Waals surface area contributed by atoms with E-state index in [0.717, 1.165) is 65.0 Å². The van der Waals surface area contributed by atoms with Crippen molar-refractivity contribution in [3.8, 4) is 11.5 Å². The summed E-state index contributed by atoms with van der Waals surface area (Å²) in [6.45, 7) is 9.80. The van der Waals surface area contributed by atoms with Gasteiger partial charge in [0.2, 0.25) is 0 Å². The molecule has 0 unspecified atom stereocenters. The van der Waals surface area contributed by atoms with Gasteiger partial charge in [0.15, 0.2) is 11.5 Å². The van der Waals surface area contributed by atoms with Crippen molar-refractivity contribution in [2.75, 3.05) is 44.9 Å². The Morgan fingerprint density at radius 3 is 2.75 bits per heavy atom.